The van der Waals surface area contributed by atoms with Crippen LogP contribution in [0, 0.1) is 0 Å². The van der Waals surface area contributed by atoms with E-state index >= 15 is 0 Å². The minimum absolute atomic E-state index is 0. The fourth-order valence-electron chi connectivity index (χ4n) is 1.70. The average molecular weight is 283 g/mol. The summed E-state index contributed by atoms with van der Waals surface area (Å²) in [7, 11) is 0. The summed E-state index contributed by atoms with van der Waals surface area (Å²) >= 11 is 0. The zero-order chi connectivity index (χ0) is 13.1. The molecule has 0 unspecified atom stereocenters. The number of hydrogen-bond donors (Lipinski definition) is 1. The SMILES string of the molecule is CCCCCCCCN(CC(=O)[O-])CC(=O)O.[K+]. The van der Waals surface area contributed by atoms with E-state index < -0.39 is 11.9 Å². The second-order valence-corrected chi connectivity index (χ2v) is 4.24. The molecule has 0 aromatic carbocycles. The Bertz CT molecular complexity index is 220. The van der Waals surface area contributed by atoms with Crippen molar-refractivity contribution in [1.29, 1.82) is 0 Å². The molecule has 1 N–H and O–H groups in total. The zero-order valence-electron chi connectivity index (χ0n) is 11.5. The first kappa shape index (κ1) is 20.8. The summed E-state index contributed by atoms with van der Waals surface area (Å²) in [6, 6.07) is 0. The summed E-state index contributed by atoms with van der Waals surface area (Å²) in [5.74, 6) is -2.23. The van der Waals surface area contributed by atoms with Gasteiger partial charge in [0.1, 0.15) is 0 Å². The number of unbranched alkanes of at least 4 members (excludes halogenated alkanes) is 5. The molecule has 0 aromatic heterocycles. The van der Waals surface area contributed by atoms with Crippen molar-refractivity contribution in [1.82, 2.24) is 4.90 Å². The molecule has 0 spiro atoms. The van der Waals surface area contributed by atoms with E-state index in [9.17, 15) is 14.7 Å². The zero-order valence-corrected chi connectivity index (χ0v) is 14.6. The molecule has 0 saturated carbocycles. The van der Waals surface area contributed by atoms with Crippen LogP contribution in [0.4, 0.5) is 0 Å². The third kappa shape index (κ3) is 14.6. The minimum atomic E-state index is -1.22. The van der Waals surface area contributed by atoms with Gasteiger partial charge in [0.2, 0.25) is 0 Å². The molecule has 0 radical (unpaired) electrons. The van der Waals surface area contributed by atoms with Gasteiger partial charge in [-0.3, -0.25) is 9.69 Å². The number of rotatable bonds is 11. The second kappa shape index (κ2) is 14.0. The molecule has 0 aliphatic heterocycles. The molecule has 6 heteroatoms. The Labute approximate surface area is 151 Å². The Hall–Kier alpha value is 0.536. The van der Waals surface area contributed by atoms with E-state index in [0.717, 1.165) is 19.3 Å². The number of carbonyl (C=O) groups is 2. The van der Waals surface area contributed by atoms with Gasteiger partial charge in [-0.1, -0.05) is 39.0 Å². The van der Waals surface area contributed by atoms with Crippen molar-refractivity contribution in [3.63, 3.8) is 0 Å². The molecule has 100 valence electrons. The first-order valence-corrected chi connectivity index (χ1v) is 6.20. The third-order valence-corrected chi connectivity index (χ3v) is 2.54. The standard InChI is InChI=1S/C12H23NO4.K/c1-2-3-4-5-6-7-8-13(9-11(14)15)10-12(16)17;/h2-10H2,1H3,(H,14,15)(H,16,17);/q;+1/p-1. The van der Waals surface area contributed by atoms with Crippen LogP contribution in [0.25, 0.3) is 0 Å². The van der Waals surface area contributed by atoms with Crippen LogP contribution in [0.3, 0.4) is 0 Å². The molecule has 0 heterocycles. The molecular formula is C12H22KNO4. The maximum atomic E-state index is 10.5. The van der Waals surface area contributed by atoms with Crippen molar-refractivity contribution in [2.75, 3.05) is 19.6 Å². The summed E-state index contributed by atoms with van der Waals surface area (Å²) in [4.78, 5) is 22.3. The molecule has 18 heavy (non-hydrogen) atoms. The Morgan fingerprint density at radius 1 is 1.06 bits per heavy atom. The van der Waals surface area contributed by atoms with Crippen LogP contribution in [0.2, 0.25) is 0 Å². The third-order valence-electron chi connectivity index (χ3n) is 2.54. The Morgan fingerprint density at radius 3 is 2.11 bits per heavy atom. The molecule has 0 saturated heterocycles. The van der Waals surface area contributed by atoms with E-state index in [1.165, 1.54) is 24.2 Å². The van der Waals surface area contributed by atoms with Crippen molar-refractivity contribution in [3.8, 4) is 0 Å². The van der Waals surface area contributed by atoms with Gasteiger partial charge in [0.15, 0.2) is 0 Å². The van der Waals surface area contributed by atoms with Crippen LogP contribution in [0.5, 0.6) is 0 Å². The number of carboxylic acid groups (broad SMARTS) is 2. The molecule has 0 atom stereocenters. The molecule has 5 nitrogen and oxygen atoms in total. The van der Waals surface area contributed by atoms with Gasteiger partial charge in [-0.2, -0.15) is 0 Å². The van der Waals surface area contributed by atoms with Crippen molar-refractivity contribution in [2.45, 2.75) is 45.4 Å². The van der Waals surface area contributed by atoms with Gasteiger partial charge in [-0.15, -0.1) is 0 Å². The first-order valence-electron chi connectivity index (χ1n) is 6.20. The summed E-state index contributed by atoms with van der Waals surface area (Å²) in [6.45, 7) is 2.12. The maximum absolute atomic E-state index is 10.5. The molecular weight excluding hydrogens is 261 g/mol. The molecule has 0 rings (SSSR count). The number of carbonyl (C=O) groups excluding carboxylic acids is 1. The quantitative estimate of drug-likeness (QED) is 0.334. The van der Waals surface area contributed by atoms with Gasteiger partial charge < -0.3 is 15.0 Å². The molecule has 0 fully saturated rings. The van der Waals surface area contributed by atoms with Crippen LogP contribution in [-0.2, 0) is 9.59 Å². The van der Waals surface area contributed by atoms with E-state index in [-0.39, 0.29) is 64.5 Å². The van der Waals surface area contributed by atoms with Crippen molar-refractivity contribution < 1.29 is 71.2 Å². The van der Waals surface area contributed by atoms with Crippen molar-refractivity contribution in [3.05, 3.63) is 0 Å². The van der Waals surface area contributed by atoms with E-state index in [1.807, 2.05) is 0 Å². The van der Waals surface area contributed by atoms with E-state index in [2.05, 4.69) is 6.92 Å². The molecule has 0 aliphatic carbocycles. The topological polar surface area (TPSA) is 80.7 Å². The van der Waals surface area contributed by atoms with Gasteiger partial charge in [0.05, 0.1) is 12.5 Å². The molecule has 0 amide bonds. The van der Waals surface area contributed by atoms with E-state index in [1.54, 1.807) is 0 Å². The van der Waals surface area contributed by atoms with Gasteiger partial charge in [-0.05, 0) is 13.0 Å². The smallest absolute Gasteiger partial charge is 0.549 e. The Morgan fingerprint density at radius 2 is 1.61 bits per heavy atom. The van der Waals surface area contributed by atoms with Crippen LogP contribution in [-0.4, -0.2) is 41.6 Å². The average Bonchev–Trinajstić information content (AvgIpc) is 2.21. The molecule has 0 aliphatic rings. The maximum Gasteiger partial charge on any atom is 1.00 e. The van der Waals surface area contributed by atoms with Crippen LogP contribution in [0.1, 0.15) is 45.4 Å². The predicted molar refractivity (Wildman–Crippen MR) is 62.5 cm³/mol. The molecule has 0 bridgehead atoms. The van der Waals surface area contributed by atoms with Gasteiger partial charge in [-0.25, -0.2) is 0 Å². The predicted octanol–water partition coefficient (Wildman–Crippen LogP) is -2.51. The summed E-state index contributed by atoms with van der Waals surface area (Å²) in [5, 5.41) is 19.0. The van der Waals surface area contributed by atoms with Crippen LogP contribution >= 0.6 is 0 Å². The minimum Gasteiger partial charge on any atom is -0.549 e. The monoisotopic (exact) mass is 283 g/mol. The number of nitrogens with zero attached hydrogens (tertiary/aromatic N) is 1. The van der Waals surface area contributed by atoms with E-state index in [4.69, 9.17) is 5.11 Å². The first-order chi connectivity index (χ1) is 8.06. The van der Waals surface area contributed by atoms with Crippen molar-refractivity contribution in [2.24, 2.45) is 0 Å². The number of hydrogen-bond acceptors (Lipinski definition) is 4. The summed E-state index contributed by atoms with van der Waals surface area (Å²) < 4.78 is 0. The van der Waals surface area contributed by atoms with Crippen molar-refractivity contribution >= 4 is 11.9 Å². The Kier molecular flexibility index (Phi) is 16.2. The van der Waals surface area contributed by atoms with Gasteiger partial charge in [0, 0.05) is 6.54 Å². The van der Waals surface area contributed by atoms with Gasteiger partial charge in [0.25, 0.3) is 0 Å². The van der Waals surface area contributed by atoms with Crippen LogP contribution < -0.4 is 56.5 Å². The fraction of sp³-hybridized carbons (Fsp3) is 0.833. The second-order valence-electron chi connectivity index (χ2n) is 4.24. The molecule has 0 aromatic rings. The van der Waals surface area contributed by atoms with Gasteiger partial charge >= 0.3 is 57.4 Å². The largest absolute Gasteiger partial charge is 1.00 e. The number of carboxylic acids is 2. The fourth-order valence-corrected chi connectivity index (χ4v) is 1.70. The Balaban J connectivity index is 0. The summed E-state index contributed by atoms with van der Waals surface area (Å²) in [5.41, 5.74) is 0. The van der Waals surface area contributed by atoms with Crippen LogP contribution in [0.15, 0.2) is 0 Å². The van der Waals surface area contributed by atoms with E-state index in [0.29, 0.717) is 6.54 Å². The number of aliphatic carboxylic acids is 2. The normalized spacial score (nSPS) is 10.1. The summed E-state index contributed by atoms with van der Waals surface area (Å²) in [6.07, 6.45) is 6.58.